The number of nitrogens with one attached hydrogen (secondary N) is 2. The number of halogens is 3. The second-order valence-electron chi connectivity index (χ2n) is 6.04. The Kier molecular flexibility index (Phi) is 4.41. The topological polar surface area (TPSA) is 101 Å². The van der Waals surface area contributed by atoms with Crippen LogP contribution in [0.5, 0.6) is 5.75 Å². The van der Waals surface area contributed by atoms with E-state index in [0.717, 1.165) is 12.1 Å². The van der Waals surface area contributed by atoms with Gasteiger partial charge in [-0.25, -0.2) is 4.52 Å². The van der Waals surface area contributed by atoms with Gasteiger partial charge in [-0.15, -0.1) is 18.3 Å². The Hall–Kier alpha value is -3.89. The summed E-state index contributed by atoms with van der Waals surface area (Å²) in [5, 5.41) is 10.3. The predicted octanol–water partition coefficient (Wildman–Crippen LogP) is 2.40. The number of ether oxygens (including phenoxy) is 1. The maximum absolute atomic E-state index is 12.5. The number of amides is 1. The molecule has 2 aromatic carbocycles. The molecule has 2 heterocycles. The Morgan fingerprint density at radius 3 is 2.59 bits per heavy atom. The highest BCUT2D eigenvalue weighted by atomic mass is 19.4. The van der Waals surface area contributed by atoms with Crippen LogP contribution in [0.2, 0.25) is 0 Å². The first kappa shape index (κ1) is 18.5. The summed E-state index contributed by atoms with van der Waals surface area (Å²) in [6.45, 7) is 0.00956. The summed E-state index contributed by atoms with van der Waals surface area (Å²) in [7, 11) is 0. The average Bonchev–Trinajstić information content (AvgIpc) is 3.12. The standard InChI is InChI=1S/C18H12F3N5O3/c19-18(20,21)29-11-7-5-10(6-8-11)9-22-16(27)14-15-17(28)23-12-3-1-2-4-13(12)26(15)25-24-14/h1-8H,9H2,(H,22,27)(H,23,28). The number of hydrogen-bond acceptors (Lipinski definition) is 5. The first-order valence-electron chi connectivity index (χ1n) is 8.31. The molecule has 148 valence electrons. The minimum Gasteiger partial charge on any atom is -0.406 e. The Labute approximate surface area is 159 Å². The predicted molar refractivity (Wildman–Crippen MR) is 95.4 cm³/mol. The zero-order valence-corrected chi connectivity index (χ0v) is 14.5. The molecule has 4 aromatic rings. The first-order chi connectivity index (χ1) is 13.8. The highest BCUT2D eigenvalue weighted by Gasteiger charge is 2.31. The first-order valence-corrected chi connectivity index (χ1v) is 8.31. The summed E-state index contributed by atoms with van der Waals surface area (Å²) >= 11 is 0. The molecule has 0 aliphatic rings. The number of H-pyrrole nitrogens is 1. The van der Waals surface area contributed by atoms with E-state index in [2.05, 4.69) is 25.3 Å². The van der Waals surface area contributed by atoms with Crippen molar-refractivity contribution in [1.29, 1.82) is 0 Å². The molecule has 1 amide bonds. The maximum atomic E-state index is 12.5. The maximum Gasteiger partial charge on any atom is 0.573 e. The number of nitrogens with zero attached hydrogens (tertiary/aromatic N) is 3. The van der Waals surface area contributed by atoms with Crippen LogP contribution in [0, 0.1) is 0 Å². The average molecular weight is 403 g/mol. The van der Waals surface area contributed by atoms with Crippen molar-refractivity contribution in [2.75, 3.05) is 0 Å². The molecule has 0 radical (unpaired) electrons. The van der Waals surface area contributed by atoms with E-state index < -0.39 is 17.8 Å². The highest BCUT2D eigenvalue weighted by Crippen LogP contribution is 2.22. The monoisotopic (exact) mass is 403 g/mol. The van der Waals surface area contributed by atoms with Crippen molar-refractivity contribution in [2.24, 2.45) is 0 Å². The smallest absolute Gasteiger partial charge is 0.406 e. The van der Waals surface area contributed by atoms with E-state index in [0.29, 0.717) is 16.6 Å². The largest absolute Gasteiger partial charge is 0.573 e. The number of para-hydroxylation sites is 2. The normalized spacial score (nSPS) is 11.7. The van der Waals surface area contributed by atoms with Crippen LogP contribution in [0.25, 0.3) is 16.6 Å². The molecule has 2 aromatic heterocycles. The van der Waals surface area contributed by atoms with Crippen molar-refractivity contribution < 1.29 is 22.7 Å². The third-order valence-electron chi connectivity index (χ3n) is 4.09. The van der Waals surface area contributed by atoms with E-state index >= 15 is 0 Å². The molecule has 4 rings (SSSR count). The van der Waals surface area contributed by atoms with Gasteiger partial charge in [0.25, 0.3) is 11.5 Å². The van der Waals surface area contributed by atoms with E-state index in [4.69, 9.17) is 0 Å². The van der Waals surface area contributed by atoms with Gasteiger partial charge in [0.1, 0.15) is 5.75 Å². The van der Waals surface area contributed by atoms with Crippen LogP contribution in [0.1, 0.15) is 16.1 Å². The number of carbonyl (C=O) groups is 1. The van der Waals surface area contributed by atoms with Gasteiger partial charge in [0, 0.05) is 6.54 Å². The number of fused-ring (bicyclic) bond motifs is 3. The molecular formula is C18H12F3N5O3. The molecule has 11 heteroatoms. The molecule has 2 N–H and O–H groups in total. The summed E-state index contributed by atoms with van der Waals surface area (Å²) in [4.78, 5) is 27.5. The van der Waals surface area contributed by atoms with Crippen LogP contribution in [-0.4, -0.2) is 32.1 Å². The van der Waals surface area contributed by atoms with Gasteiger partial charge in [-0.05, 0) is 29.8 Å². The molecule has 0 bridgehead atoms. The molecule has 0 aliphatic carbocycles. The zero-order chi connectivity index (χ0) is 20.6. The molecule has 0 aliphatic heterocycles. The molecule has 0 fully saturated rings. The lowest BCUT2D eigenvalue weighted by molar-refractivity contribution is -0.274. The molecule has 29 heavy (non-hydrogen) atoms. The van der Waals surface area contributed by atoms with Crippen LogP contribution in [0.3, 0.4) is 0 Å². The van der Waals surface area contributed by atoms with Crippen LogP contribution >= 0.6 is 0 Å². The quantitative estimate of drug-likeness (QED) is 0.545. The Morgan fingerprint density at radius 1 is 1.14 bits per heavy atom. The lowest BCUT2D eigenvalue weighted by Crippen LogP contribution is -2.25. The van der Waals surface area contributed by atoms with E-state index in [-0.39, 0.29) is 23.5 Å². The summed E-state index contributed by atoms with van der Waals surface area (Å²) in [5.41, 5.74) is 0.970. The van der Waals surface area contributed by atoms with Crippen LogP contribution in [0.4, 0.5) is 13.2 Å². The molecule has 0 atom stereocenters. The fourth-order valence-electron chi connectivity index (χ4n) is 2.83. The zero-order valence-electron chi connectivity index (χ0n) is 14.5. The van der Waals surface area contributed by atoms with Crippen molar-refractivity contribution in [3.8, 4) is 5.75 Å². The van der Waals surface area contributed by atoms with Crippen LogP contribution in [0.15, 0.2) is 53.3 Å². The molecular weight excluding hydrogens is 391 g/mol. The minimum absolute atomic E-state index is 0.00451. The Morgan fingerprint density at radius 2 is 1.86 bits per heavy atom. The van der Waals surface area contributed by atoms with Crippen molar-refractivity contribution >= 4 is 22.5 Å². The lowest BCUT2D eigenvalue weighted by atomic mass is 10.2. The molecule has 8 nitrogen and oxygen atoms in total. The van der Waals surface area contributed by atoms with Gasteiger partial charge < -0.3 is 15.0 Å². The van der Waals surface area contributed by atoms with Gasteiger partial charge >= 0.3 is 6.36 Å². The third kappa shape index (κ3) is 3.74. The summed E-state index contributed by atoms with van der Waals surface area (Å²) in [5.74, 6) is -1.01. The highest BCUT2D eigenvalue weighted by molar-refractivity contribution is 5.99. The van der Waals surface area contributed by atoms with Crippen molar-refractivity contribution in [2.45, 2.75) is 12.9 Å². The third-order valence-corrected chi connectivity index (χ3v) is 4.09. The SMILES string of the molecule is O=C(NCc1ccc(OC(F)(F)F)cc1)c1nnn2c1c(=O)[nH]c1ccccc12. The minimum atomic E-state index is -4.78. The summed E-state index contributed by atoms with van der Waals surface area (Å²) in [6, 6.07) is 12.0. The van der Waals surface area contributed by atoms with E-state index in [9.17, 15) is 22.8 Å². The number of hydrogen-bond donors (Lipinski definition) is 2. The van der Waals surface area contributed by atoms with Gasteiger partial charge in [-0.1, -0.05) is 29.5 Å². The van der Waals surface area contributed by atoms with Crippen molar-refractivity contribution in [3.05, 3.63) is 70.1 Å². The second kappa shape index (κ2) is 6.93. The fraction of sp³-hybridized carbons (Fsp3) is 0.111. The number of benzene rings is 2. The van der Waals surface area contributed by atoms with E-state index in [1.807, 2.05) is 0 Å². The Bertz CT molecular complexity index is 1260. The number of carbonyl (C=O) groups excluding carboxylic acids is 1. The second-order valence-corrected chi connectivity index (χ2v) is 6.04. The molecule has 0 spiro atoms. The van der Waals surface area contributed by atoms with Gasteiger partial charge in [-0.3, -0.25) is 9.59 Å². The number of alkyl halides is 3. The Balaban J connectivity index is 1.54. The summed E-state index contributed by atoms with van der Waals surface area (Å²) in [6.07, 6.45) is -4.78. The van der Waals surface area contributed by atoms with Gasteiger partial charge in [-0.2, -0.15) is 0 Å². The van der Waals surface area contributed by atoms with Crippen molar-refractivity contribution in [3.63, 3.8) is 0 Å². The fourth-order valence-corrected chi connectivity index (χ4v) is 2.83. The van der Waals surface area contributed by atoms with E-state index in [1.165, 1.54) is 16.6 Å². The number of rotatable bonds is 4. The van der Waals surface area contributed by atoms with Gasteiger partial charge in [0.05, 0.1) is 11.0 Å². The number of aromatic nitrogens is 4. The van der Waals surface area contributed by atoms with Gasteiger partial charge in [0.2, 0.25) is 0 Å². The van der Waals surface area contributed by atoms with Gasteiger partial charge in [0.15, 0.2) is 11.2 Å². The lowest BCUT2D eigenvalue weighted by Gasteiger charge is -2.09. The molecule has 0 saturated heterocycles. The number of aromatic amines is 1. The van der Waals surface area contributed by atoms with Crippen LogP contribution < -0.4 is 15.6 Å². The molecule has 0 unspecified atom stereocenters. The molecule has 0 saturated carbocycles. The van der Waals surface area contributed by atoms with E-state index in [1.54, 1.807) is 24.3 Å². The van der Waals surface area contributed by atoms with Crippen molar-refractivity contribution in [1.82, 2.24) is 25.1 Å². The summed E-state index contributed by atoms with van der Waals surface area (Å²) < 4.78 is 41.6. The van der Waals surface area contributed by atoms with Crippen LogP contribution in [-0.2, 0) is 6.54 Å².